The van der Waals surface area contributed by atoms with E-state index in [0.29, 0.717) is 18.9 Å². The van der Waals surface area contributed by atoms with Gasteiger partial charge in [-0.25, -0.2) is 13.9 Å². The molecule has 0 amide bonds. The van der Waals surface area contributed by atoms with Crippen LogP contribution in [0.25, 0.3) is 28.0 Å². The molecule has 0 spiro atoms. The SMILES string of the molecule is CC(C)(C[C@H](c1cccc(-c2ccc3cnn(-c4cccc(CO[Si](C)(C)C(C)(C)C)n4)c3c2)n1)C1CC(O[Si](C)(C)C(C)(C)C)C1)S(N)=O. The fourth-order valence-electron chi connectivity index (χ4n) is 6.06. The molecule has 3 heterocycles. The summed E-state index contributed by atoms with van der Waals surface area (Å²) >= 11 is 0. The van der Waals surface area contributed by atoms with E-state index >= 15 is 0 Å². The number of hydrogen-bond acceptors (Lipinski definition) is 6. The lowest BCUT2D eigenvalue weighted by Gasteiger charge is -2.47. The van der Waals surface area contributed by atoms with E-state index in [9.17, 15) is 4.21 Å². The van der Waals surface area contributed by atoms with Crippen LogP contribution in [0.5, 0.6) is 0 Å². The van der Waals surface area contributed by atoms with Crippen LogP contribution < -0.4 is 5.14 Å². The molecule has 50 heavy (non-hydrogen) atoms. The Bertz CT molecular complexity index is 1840. The average molecular weight is 734 g/mol. The summed E-state index contributed by atoms with van der Waals surface area (Å²) in [6, 6.07) is 18.7. The molecule has 0 bridgehead atoms. The second kappa shape index (κ2) is 14.1. The first-order chi connectivity index (χ1) is 23.1. The monoisotopic (exact) mass is 733 g/mol. The largest absolute Gasteiger partial charge is 0.414 e. The summed E-state index contributed by atoms with van der Waals surface area (Å²) in [6.45, 7) is 27.3. The van der Waals surface area contributed by atoms with Crippen LogP contribution in [0.4, 0.5) is 0 Å². The van der Waals surface area contributed by atoms with Crippen LogP contribution in [0.2, 0.25) is 36.3 Å². The van der Waals surface area contributed by atoms with Crippen LogP contribution in [-0.4, -0.2) is 51.4 Å². The smallest absolute Gasteiger partial charge is 0.192 e. The van der Waals surface area contributed by atoms with Crippen molar-refractivity contribution in [3.05, 3.63) is 72.2 Å². The number of aromatic nitrogens is 4. The Hall–Kier alpha value is -2.55. The van der Waals surface area contributed by atoms with Crippen molar-refractivity contribution >= 4 is 38.5 Å². The third kappa shape index (κ3) is 8.39. The van der Waals surface area contributed by atoms with Crippen LogP contribution in [0, 0.1) is 5.92 Å². The molecule has 11 heteroatoms. The number of fused-ring (bicyclic) bond motifs is 1. The Labute approximate surface area is 304 Å². The van der Waals surface area contributed by atoms with Gasteiger partial charge in [-0.15, -0.1) is 0 Å². The lowest BCUT2D eigenvalue weighted by Crippen LogP contribution is -2.49. The van der Waals surface area contributed by atoms with E-state index in [4.69, 9.17) is 29.1 Å². The van der Waals surface area contributed by atoms with E-state index in [0.717, 1.165) is 52.2 Å². The van der Waals surface area contributed by atoms with Crippen molar-refractivity contribution in [3.63, 3.8) is 0 Å². The number of benzene rings is 1. The maximum Gasteiger partial charge on any atom is 0.192 e. The summed E-state index contributed by atoms with van der Waals surface area (Å²) in [5.74, 6) is 1.26. The highest BCUT2D eigenvalue weighted by molar-refractivity contribution is 7.84. The molecule has 1 saturated carbocycles. The van der Waals surface area contributed by atoms with Gasteiger partial charge in [0, 0.05) is 28.7 Å². The van der Waals surface area contributed by atoms with Gasteiger partial charge in [-0.2, -0.15) is 5.10 Å². The minimum Gasteiger partial charge on any atom is -0.414 e. The van der Waals surface area contributed by atoms with Crippen molar-refractivity contribution < 1.29 is 13.1 Å². The van der Waals surface area contributed by atoms with Crippen LogP contribution in [0.3, 0.4) is 0 Å². The summed E-state index contributed by atoms with van der Waals surface area (Å²) < 4.78 is 27.2. The highest BCUT2D eigenvalue weighted by Crippen LogP contribution is 2.48. The highest BCUT2D eigenvalue weighted by atomic mass is 32.2. The topological polar surface area (TPSA) is 105 Å². The number of rotatable bonds is 12. The van der Waals surface area contributed by atoms with Crippen LogP contribution in [0.15, 0.2) is 60.8 Å². The van der Waals surface area contributed by atoms with Crippen LogP contribution in [-0.2, 0) is 26.4 Å². The Morgan fingerprint density at radius 1 is 0.900 bits per heavy atom. The summed E-state index contributed by atoms with van der Waals surface area (Å²) in [5, 5.41) is 12.1. The van der Waals surface area contributed by atoms with Crippen molar-refractivity contribution in [2.45, 2.75) is 134 Å². The molecule has 1 unspecified atom stereocenters. The van der Waals surface area contributed by atoms with E-state index in [1.54, 1.807) is 0 Å². The normalized spacial score (nSPS) is 19.0. The fourth-order valence-corrected chi connectivity index (χ4v) is 8.73. The maximum absolute atomic E-state index is 12.6. The maximum atomic E-state index is 12.6. The summed E-state index contributed by atoms with van der Waals surface area (Å²) in [4.78, 5) is 10.2. The first kappa shape index (κ1) is 38.7. The first-order valence-corrected chi connectivity index (χ1v) is 25.0. The van der Waals surface area contributed by atoms with Gasteiger partial charge in [0.25, 0.3) is 0 Å². The standard InChI is InChI=1S/C39H59N5O3SSi2/c1-37(2,3)49(9,10)46-26-30-15-13-18-36(42-30)44-35-23-27(19-20-28(35)25-41-44)33-16-14-17-34(43-33)32(24-39(7,8)48(40)45)29-21-31(22-29)47-50(11,12)38(4,5)6/h13-20,23,25,29,31-32H,21-22,24,26,40H2,1-12H3/t29?,31?,32-,48?/m0/s1. The lowest BCUT2D eigenvalue weighted by atomic mass is 9.69. The fraction of sp³-hybridized carbons (Fsp3) is 0.564. The second-order valence-corrected chi connectivity index (χ2v) is 29.2. The summed E-state index contributed by atoms with van der Waals surface area (Å²) in [6.07, 6.45) is 4.79. The summed E-state index contributed by atoms with van der Waals surface area (Å²) in [5.41, 5.74) is 4.77. The molecule has 0 aliphatic heterocycles. The molecular weight excluding hydrogens is 675 g/mol. The zero-order chi connectivity index (χ0) is 36.9. The van der Waals surface area contributed by atoms with Crippen molar-refractivity contribution in [3.8, 4) is 17.1 Å². The van der Waals surface area contributed by atoms with E-state index in [-0.39, 0.29) is 22.1 Å². The van der Waals surface area contributed by atoms with Gasteiger partial charge in [0.05, 0.1) is 45.4 Å². The van der Waals surface area contributed by atoms with Gasteiger partial charge in [-0.1, -0.05) is 65.8 Å². The predicted octanol–water partition coefficient (Wildman–Crippen LogP) is 9.68. The van der Waals surface area contributed by atoms with Crippen LogP contribution in [0.1, 0.15) is 92.0 Å². The number of nitrogens with zero attached hydrogens (tertiary/aromatic N) is 4. The van der Waals surface area contributed by atoms with Crippen molar-refractivity contribution in [2.24, 2.45) is 11.1 Å². The molecule has 3 aromatic heterocycles. The Morgan fingerprint density at radius 3 is 2.20 bits per heavy atom. The molecule has 1 aliphatic carbocycles. The highest BCUT2D eigenvalue weighted by Gasteiger charge is 2.46. The van der Waals surface area contributed by atoms with Crippen LogP contribution >= 0.6 is 0 Å². The van der Waals surface area contributed by atoms with Gasteiger partial charge in [-0.3, -0.25) is 10.1 Å². The van der Waals surface area contributed by atoms with Gasteiger partial charge in [0.2, 0.25) is 0 Å². The average Bonchev–Trinajstić information content (AvgIpc) is 3.43. The molecule has 0 radical (unpaired) electrons. The third-order valence-corrected chi connectivity index (χ3v) is 21.9. The molecule has 2 N–H and O–H groups in total. The summed E-state index contributed by atoms with van der Waals surface area (Å²) in [7, 11) is -5.24. The van der Waals surface area contributed by atoms with E-state index in [1.807, 2.05) is 42.9 Å². The molecule has 8 nitrogen and oxygen atoms in total. The Balaban J connectivity index is 1.42. The zero-order valence-corrected chi connectivity index (χ0v) is 35.1. The number of nitrogens with two attached hydrogens (primary N) is 1. The third-order valence-electron chi connectivity index (χ3n) is 11.6. The quantitative estimate of drug-likeness (QED) is 0.145. The molecule has 2 atom stereocenters. The molecule has 0 saturated heterocycles. The number of hydrogen-bond donors (Lipinski definition) is 1. The molecule has 4 aromatic rings. The predicted molar refractivity (Wildman–Crippen MR) is 213 cm³/mol. The van der Waals surface area contributed by atoms with Gasteiger partial charge >= 0.3 is 0 Å². The Morgan fingerprint density at radius 2 is 1.56 bits per heavy atom. The van der Waals surface area contributed by atoms with Crippen molar-refractivity contribution in [2.75, 3.05) is 0 Å². The Kier molecular flexibility index (Phi) is 10.9. The molecule has 272 valence electrons. The van der Waals surface area contributed by atoms with Gasteiger partial charge in [0.15, 0.2) is 22.5 Å². The minimum atomic E-state index is -1.91. The second-order valence-electron chi connectivity index (χ2n) is 17.9. The zero-order valence-electron chi connectivity index (χ0n) is 32.3. The first-order valence-electron chi connectivity index (χ1n) is 18.0. The molecule has 5 rings (SSSR count). The molecule has 1 fully saturated rings. The van der Waals surface area contributed by atoms with E-state index in [2.05, 4.69) is 104 Å². The lowest BCUT2D eigenvalue weighted by molar-refractivity contribution is 0.0357. The minimum absolute atomic E-state index is 0.117. The van der Waals surface area contributed by atoms with Gasteiger partial charge in [-0.05, 0) is 106 Å². The van der Waals surface area contributed by atoms with Crippen molar-refractivity contribution in [1.82, 2.24) is 19.7 Å². The molecule has 1 aliphatic rings. The van der Waals surface area contributed by atoms with E-state index < -0.39 is 32.4 Å². The van der Waals surface area contributed by atoms with Gasteiger partial charge in [0.1, 0.15) is 0 Å². The van der Waals surface area contributed by atoms with Gasteiger partial charge < -0.3 is 8.85 Å². The molecular formula is C39H59N5O3SSi2. The molecule has 1 aromatic carbocycles. The van der Waals surface area contributed by atoms with E-state index in [1.165, 1.54) is 0 Å². The number of pyridine rings is 2. The van der Waals surface area contributed by atoms with Crippen molar-refractivity contribution in [1.29, 1.82) is 0 Å².